The van der Waals surface area contributed by atoms with Gasteiger partial charge in [-0.15, -0.1) is 0 Å². The average Bonchev–Trinajstić information content (AvgIpc) is 3.03. The summed E-state index contributed by atoms with van der Waals surface area (Å²) in [5, 5.41) is 0.999. The van der Waals surface area contributed by atoms with Gasteiger partial charge in [-0.25, -0.2) is 4.79 Å². The Balaban J connectivity index is 1.99. The number of methoxy groups -OCH3 is 2. The van der Waals surface area contributed by atoms with E-state index in [9.17, 15) is 9.59 Å². The Morgan fingerprint density at radius 2 is 1.96 bits per heavy atom. The summed E-state index contributed by atoms with van der Waals surface area (Å²) in [7, 11) is 2.92. The molecule has 0 unspecified atom stereocenters. The van der Waals surface area contributed by atoms with Crippen LogP contribution in [0.25, 0.3) is 10.9 Å². The molecule has 0 saturated heterocycles. The third kappa shape index (κ3) is 2.88. The van der Waals surface area contributed by atoms with Crippen LogP contribution < -0.4 is 4.74 Å². The van der Waals surface area contributed by atoms with Gasteiger partial charge in [-0.3, -0.25) is 4.79 Å². The van der Waals surface area contributed by atoms with Gasteiger partial charge in [0.05, 0.1) is 19.8 Å². The van der Waals surface area contributed by atoms with Crippen molar-refractivity contribution >= 4 is 23.2 Å². The number of carbonyl (C=O) groups excluding carboxylic acids is 2. The van der Waals surface area contributed by atoms with Crippen molar-refractivity contribution in [2.24, 2.45) is 0 Å². The molecular formula is C19H17NO4. The number of nitrogens with one attached hydrogen (secondary N) is 1. The lowest BCUT2D eigenvalue weighted by Gasteiger charge is -2.10. The molecule has 0 spiro atoms. The van der Waals surface area contributed by atoms with E-state index in [0.29, 0.717) is 23.3 Å². The zero-order valence-corrected chi connectivity index (χ0v) is 13.5. The van der Waals surface area contributed by atoms with Crippen LogP contribution in [0.15, 0.2) is 42.6 Å². The van der Waals surface area contributed by atoms with E-state index in [1.54, 1.807) is 25.3 Å². The lowest BCUT2D eigenvalue weighted by atomic mass is 10.0. The molecule has 3 aromatic rings. The van der Waals surface area contributed by atoms with Gasteiger partial charge in [-0.05, 0) is 41.5 Å². The van der Waals surface area contributed by atoms with Gasteiger partial charge in [-0.2, -0.15) is 0 Å². The molecule has 24 heavy (non-hydrogen) atoms. The summed E-state index contributed by atoms with van der Waals surface area (Å²) in [5.74, 6) is 0.223. The molecule has 5 heteroatoms. The fraction of sp³-hybridized carbons (Fsp3) is 0.158. The maximum absolute atomic E-state index is 11.6. The molecule has 0 bridgehead atoms. The molecule has 0 amide bonds. The van der Waals surface area contributed by atoms with Gasteiger partial charge in [0.1, 0.15) is 12.0 Å². The third-order valence-electron chi connectivity index (χ3n) is 4.02. The second-order valence-corrected chi connectivity index (χ2v) is 5.43. The molecule has 0 aliphatic carbocycles. The Morgan fingerprint density at radius 1 is 1.12 bits per heavy atom. The van der Waals surface area contributed by atoms with Crippen LogP contribution in [0.2, 0.25) is 0 Å². The largest absolute Gasteiger partial charge is 0.496 e. The topological polar surface area (TPSA) is 68.4 Å². The first-order valence-corrected chi connectivity index (χ1v) is 7.46. The summed E-state index contributed by atoms with van der Waals surface area (Å²) in [5.41, 5.74) is 4.05. The normalized spacial score (nSPS) is 10.6. The van der Waals surface area contributed by atoms with Crippen molar-refractivity contribution in [2.75, 3.05) is 14.2 Å². The quantitative estimate of drug-likeness (QED) is 0.577. The molecule has 1 N–H and O–H groups in total. The number of aromatic nitrogens is 1. The lowest BCUT2D eigenvalue weighted by Crippen LogP contribution is -2.03. The van der Waals surface area contributed by atoms with Gasteiger partial charge in [0.2, 0.25) is 0 Å². The van der Waals surface area contributed by atoms with E-state index in [0.717, 1.165) is 28.3 Å². The summed E-state index contributed by atoms with van der Waals surface area (Å²) in [6, 6.07) is 10.8. The van der Waals surface area contributed by atoms with Crippen molar-refractivity contribution in [3.63, 3.8) is 0 Å². The molecule has 1 heterocycles. The number of aromatic amines is 1. The van der Waals surface area contributed by atoms with E-state index in [2.05, 4.69) is 4.98 Å². The van der Waals surface area contributed by atoms with E-state index >= 15 is 0 Å². The number of hydrogen-bond donors (Lipinski definition) is 1. The number of carbonyl (C=O) groups is 2. The predicted molar refractivity (Wildman–Crippen MR) is 90.8 cm³/mol. The standard InChI is InChI=1S/C19H17NO4/c1-23-18-9-14(19(22)24-2)5-4-13(18)8-15-10-20-17-6-3-12(11-21)7-16(15)17/h3-7,9-11,20H,8H2,1-2H3. The first-order valence-electron chi connectivity index (χ1n) is 7.46. The average molecular weight is 323 g/mol. The van der Waals surface area contributed by atoms with Crippen molar-refractivity contribution in [3.8, 4) is 5.75 Å². The van der Waals surface area contributed by atoms with E-state index in [1.807, 2.05) is 24.4 Å². The van der Waals surface area contributed by atoms with E-state index in [4.69, 9.17) is 9.47 Å². The second-order valence-electron chi connectivity index (χ2n) is 5.43. The SMILES string of the molecule is COC(=O)c1ccc(Cc2c[nH]c3ccc(C=O)cc23)c(OC)c1. The first kappa shape index (κ1) is 15.8. The number of benzene rings is 2. The maximum Gasteiger partial charge on any atom is 0.337 e. The molecule has 1 aromatic heterocycles. The van der Waals surface area contributed by atoms with Gasteiger partial charge in [0.15, 0.2) is 0 Å². The molecule has 0 atom stereocenters. The van der Waals surface area contributed by atoms with Gasteiger partial charge >= 0.3 is 5.97 Å². The molecule has 5 nitrogen and oxygen atoms in total. The number of hydrogen-bond acceptors (Lipinski definition) is 4. The summed E-state index contributed by atoms with van der Waals surface area (Å²) in [6.45, 7) is 0. The number of rotatable bonds is 5. The Morgan fingerprint density at radius 3 is 2.67 bits per heavy atom. The van der Waals surface area contributed by atoms with Crippen molar-refractivity contribution in [2.45, 2.75) is 6.42 Å². The number of esters is 1. The molecule has 0 fully saturated rings. The Hall–Kier alpha value is -3.08. The highest BCUT2D eigenvalue weighted by Gasteiger charge is 2.13. The Kier molecular flexibility index (Phi) is 4.33. The third-order valence-corrected chi connectivity index (χ3v) is 4.02. The molecule has 122 valence electrons. The predicted octanol–water partition coefficient (Wildman–Crippen LogP) is 3.37. The Labute approximate surface area is 139 Å². The minimum absolute atomic E-state index is 0.400. The molecular weight excluding hydrogens is 306 g/mol. The molecule has 0 radical (unpaired) electrons. The zero-order chi connectivity index (χ0) is 17.1. The minimum Gasteiger partial charge on any atom is -0.496 e. The van der Waals surface area contributed by atoms with E-state index in [-0.39, 0.29) is 0 Å². The zero-order valence-electron chi connectivity index (χ0n) is 13.5. The maximum atomic E-state index is 11.6. The molecule has 0 aliphatic heterocycles. The van der Waals surface area contributed by atoms with Crippen molar-refractivity contribution in [1.82, 2.24) is 4.98 Å². The van der Waals surface area contributed by atoms with Crippen LogP contribution in [-0.2, 0) is 11.2 Å². The number of ether oxygens (including phenoxy) is 2. The summed E-state index contributed by atoms with van der Waals surface area (Å²) < 4.78 is 10.1. The van der Waals surface area contributed by atoms with E-state index in [1.165, 1.54) is 7.11 Å². The first-order chi connectivity index (χ1) is 11.7. The van der Waals surface area contributed by atoms with Crippen LogP contribution in [0.3, 0.4) is 0 Å². The van der Waals surface area contributed by atoms with Crippen LogP contribution in [-0.4, -0.2) is 31.5 Å². The smallest absolute Gasteiger partial charge is 0.337 e. The number of fused-ring (bicyclic) bond motifs is 1. The van der Waals surface area contributed by atoms with Gasteiger partial charge in [0.25, 0.3) is 0 Å². The number of H-pyrrole nitrogens is 1. The minimum atomic E-state index is -0.400. The van der Waals surface area contributed by atoms with Gasteiger partial charge in [0, 0.05) is 29.1 Å². The van der Waals surface area contributed by atoms with Gasteiger partial charge in [-0.1, -0.05) is 6.07 Å². The lowest BCUT2D eigenvalue weighted by molar-refractivity contribution is 0.0600. The molecule has 0 aliphatic rings. The second kappa shape index (κ2) is 6.58. The van der Waals surface area contributed by atoms with Crippen molar-refractivity contribution in [3.05, 3.63) is 64.8 Å². The van der Waals surface area contributed by atoms with Crippen LogP contribution in [0, 0.1) is 0 Å². The van der Waals surface area contributed by atoms with Crippen LogP contribution in [0.1, 0.15) is 31.8 Å². The van der Waals surface area contributed by atoms with Crippen LogP contribution >= 0.6 is 0 Å². The summed E-state index contributed by atoms with van der Waals surface area (Å²) in [4.78, 5) is 25.8. The highest BCUT2D eigenvalue weighted by Crippen LogP contribution is 2.27. The molecule has 0 saturated carbocycles. The molecule has 2 aromatic carbocycles. The fourth-order valence-electron chi connectivity index (χ4n) is 2.76. The Bertz CT molecular complexity index is 911. The van der Waals surface area contributed by atoms with Crippen molar-refractivity contribution in [1.29, 1.82) is 0 Å². The summed E-state index contributed by atoms with van der Waals surface area (Å²) in [6.07, 6.45) is 3.38. The summed E-state index contributed by atoms with van der Waals surface area (Å²) >= 11 is 0. The fourth-order valence-corrected chi connectivity index (χ4v) is 2.76. The van der Waals surface area contributed by atoms with Crippen molar-refractivity contribution < 1.29 is 19.1 Å². The molecule has 3 rings (SSSR count). The van der Waals surface area contributed by atoms with E-state index < -0.39 is 5.97 Å². The number of aldehydes is 1. The monoisotopic (exact) mass is 323 g/mol. The van der Waals surface area contributed by atoms with Crippen LogP contribution in [0.5, 0.6) is 5.75 Å². The van der Waals surface area contributed by atoms with Gasteiger partial charge < -0.3 is 14.5 Å². The highest BCUT2D eigenvalue weighted by molar-refractivity contribution is 5.91. The van der Waals surface area contributed by atoms with Crippen LogP contribution in [0.4, 0.5) is 0 Å². The highest BCUT2D eigenvalue weighted by atomic mass is 16.5.